The molecule has 1 aromatic rings. The van der Waals surface area contributed by atoms with Gasteiger partial charge < -0.3 is 41.0 Å². The molecule has 1 heterocycles. The summed E-state index contributed by atoms with van der Waals surface area (Å²) >= 11 is 0. The Morgan fingerprint density at radius 2 is 1.81 bits per heavy atom. The maximum Gasteiger partial charge on any atom is 0.407 e. The SMILES string of the molecule is CCCC1O[C@@H]2CC3[C@@H]4C[C@H](F)C5=CC(=O)C=C[C@]5(C)[C@@]4(F)[C@@H](O)C[C@]3(C)[C@]2(C(=O)CNC(=O)OCc2ccc(NC(=O)CCCCNC(N)=O)cc2)O1. The van der Waals surface area contributed by atoms with Crippen LogP contribution in [0.1, 0.15) is 77.7 Å². The number of Topliss-reactive ketones (excluding diaryl/α,β-unsaturated/α-hetero) is 1. The molecule has 2 unspecified atom stereocenters. The summed E-state index contributed by atoms with van der Waals surface area (Å²) in [5, 5.41) is 19.5. The summed E-state index contributed by atoms with van der Waals surface area (Å²) < 4.78 is 51.8. The Kier molecular flexibility index (Phi) is 11.1. The number of urea groups is 1. The highest BCUT2D eigenvalue weighted by Crippen LogP contribution is 2.72. The lowest BCUT2D eigenvalue weighted by atomic mass is 9.44. The van der Waals surface area contributed by atoms with Crippen molar-refractivity contribution in [3.63, 3.8) is 0 Å². The normalized spacial score (nSPS) is 36.2. The van der Waals surface area contributed by atoms with E-state index in [2.05, 4.69) is 16.0 Å². The van der Waals surface area contributed by atoms with Crippen molar-refractivity contribution in [2.75, 3.05) is 18.4 Å². The average molecular weight is 757 g/mol. The van der Waals surface area contributed by atoms with Gasteiger partial charge in [-0.2, -0.15) is 0 Å². The number of carbonyl (C=O) groups excluding carboxylic acids is 5. The van der Waals surface area contributed by atoms with Crippen molar-refractivity contribution in [3.8, 4) is 0 Å². The number of ketones is 2. The number of fused-ring (bicyclic) bond motifs is 7. The second-order valence-electron chi connectivity index (χ2n) is 15.6. The molecular formula is C39H50F2N4O9. The topological polar surface area (TPSA) is 195 Å². The number of alkyl carbamates (subject to hydrolysis) is 1. The minimum Gasteiger partial charge on any atom is -0.445 e. The minimum atomic E-state index is -2.33. The molecule has 0 radical (unpaired) electrons. The van der Waals surface area contributed by atoms with Crippen LogP contribution in [-0.4, -0.2) is 83.7 Å². The molecule has 15 heteroatoms. The lowest BCUT2D eigenvalue weighted by Crippen LogP contribution is -2.71. The zero-order chi connectivity index (χ0) is 39.1. The largest absolute Gasteiger partial charge is 0.445 e. The Morgan fingerprint density at radius 1 is 1.07 bits per heavy atom. The predicted octanol–water partition coefficient (Wildman–Crippen LogP) is 4.47. The number of primary amides is 1. The number of nitrogens with two attached hydrogens (primary N) is 1. The first-order chi connectivity index (χ1) is 25.6. The summed E-state index contributed by atoms with van der Waals surface area (Å²) in [7, 11) is 0. The van der Waals surface area contributed by atoms with Crippen molar-refractivity contribution in [1.29, 1.82) is 0 Å². The van der Waals surface area contributed by atoms with Gasteiger partial charge in [-0.25, -0.2) is 18.4 Å². The molecule has 6 rings (SSSR count). The molecule has 0 bridgehead atoms. The van der Waals surface area contributed by atoms with Gasteiger partial charge in [-0.3, -0.25) is 14.4 Å². The fourth-order valence-electron chi connectivity index (χ4n) is 9.90. The minimum absolute atomic E-state index is 0.0148. The fourth-order valence-corrected chi connectivity index (χ4v) is 9.90. The van der Waals surface area contributed by atoms with E-state index < -0.39 is 88.8 Å². The number of hydrogen-bond donors (Lipinski definition) is 5. The number of nitrogens with one attached hydrogen (secondary N) is 3. The van der Waals surface area contributed by atoms with Gasteiger partial charge in [0.2, 0.25) is 5.91 Å². The van der Waals surface area contributed by atoms with E-state index >= 15 is 8.78 Å². The van der Waals surface area contributed by atoms with E-state index in [4.69, 9.17) is 19.9 Å². The molecule has 1 saturated heterocycles. The van der Waals surface area contributed by atoms with Gasteiger partial charge >= 0.3 is 12.1 Å². The number of aliphatic hydroxyl groups excluding tert-OH is 1. The van der Waals surface area contributed by atoms with Gasteiger partial charge in [0, 0.05) is 35.4 Å². The van der Waals surface area contributed by atoms with Gasteiger partial charge in [0.1, 0.15) is 12.8 Å². The first-order valence-electron chi connectivity index (χ1n) is 18.7. The monoisotopic (exact) mass is 756 g/mol. The standard InChI is InChI=1S/C39H50F2N4O9/c1-4-7-33-53-31-18-25-26-17-28(40)27-16-24(46)13-14-36(27,2)38(26,41)29(47)19-37(25,3)39(31,54-33)30(48)20-44-35(51)52-21-22-9-11-23(12-10-22)45-32(49)8-5-6-15-43-34(42)50/h9-14,16,25-26,28-29,31,33,47H,4-8,15,17-21H2,1-3H3,(H,44,51)(H,45,49)(H3,42,43,50)/t25?,26-,28-,29-,31+,33?,36-,37-,38-,39+/m0/s1. The third-order valence-corrected chi connectivity index (χ3v) is 12.5. The maximum absolute atomic E-state index is 17.7. The summed E-state index contributed by atoms with van der Waals surface area (Å²) in [4.78, 5) is 62.4. The predicted molar refractivity (Wildman–Crippen MR) is 191 cm³/mol. The van der Waals surface area contributed by atoms with Crippen LogP contribution in [0.2, 0.25) is 0 Å². The number of allylic oxidation sites excluding steroid dienone is 4. The van der Waals surface area contributed by atoms with Crippen LogP contribution in [0, 0.1) is 22.7 Å². The van der Waals surface area contributed by atoms with E-state index in [0.29, 0.717) is 43.5 Å². The molecule has 0 spiro atoms. The molecule has 6 N–H and O–H groups in total. The van der Waals surface area contributed by atoms with Crippen LogP contribution in [0.5, 0.6) is 0 Å². The van der Waals surface area contributed by atoms with Crippen molar-refractivity contribution in [3.05, 3.63) is 53.6 Å². The van der Waals surface area contributed by atoms with E-state index in [9.17, 15) is 29.1 Å². The number of benzene rings is 1. The summed E-state index contributed by atoms with van der Waals surface area (Å²) in [5.41, 5.74) is -0.532. The second kappa shape index (κ2) is 15.1. The molecular weight excluding hydrogens is 706 g/mol. The smallest absolute Gasteiger partial charge is 0.407 e. The molecule has 54 heavy (non-hydrogen) atoms. The van der Waals surface area contributed by atoms with E-state index in [1.54, 1.807) is 31.2 Å². The quantitative estimate of drug-likeness (QED) is 0.181. The molecule has 10 atom stereocenters. The lowest BCUT2D eigenvalue weighted by Gasteiger charge is -2.63. The van der Waals surface area contributed by atoms with Gasteiger partial charge in [-0.05, 0) is 86.8 Å². The first kappa shape index (κ1) is 39.5. The lowest BCUT2D eigenvalue weighted by molar-refractivity contribution is -0.233. The molecule has 13 nitrogen and oxygen atoms in total. The molecule has 3 saturated carbocycles. The van der Waals surface area contributed by atoms with Crippen LogP contribution in [0.3, 0.4) is 0 Å². The van der Waals surface area contributed by atoms with Crippen LogP contribution in [0.4, 0.5) is 24.1 Å². The Bertz CT molecular complexity index is 1720. The maximum atomic E-state index is 17.7. The third kappa shape index (κ3) is 6.72. The number of carbonyl (C=O) groups is 5. The molecule has 4 amide bonds. The van der Waals surface area contributed by atoms with Crippen molar-refractivity contribution < 1.29 is 52.1 Å². The molecule has 4 fully saturated rings. The zero-order valence-electron chi connectivity index (χ0n) is 30.8. The molecule has 294 valence electrons. The number of alkyl halides is 2. The van der Waals surface area contributed by atoms with Gasteiger partial charge in [0.15, 0.2) is 29.1 Å². The highest BCUT2D eigenvalue weighted by Gasteiger charge is 2.80. The molecule has 1 aliphatic heterocycles. The Hall–Kier alpha value is -4.21. The Morgan fingerprint density at radius 3 is 2.52 bits per heavy atom. The third-order valence-electron chi connectivity index (χ3n) is 12.5. The first-order valence-corrected chi connectivity index (χ1v) is 18.7. The number of ether oxygens (including phenoxy) is 3. The van der Waals surface area contributed by atoms with Crippen LogP contribution >= 0.6 is 0 Å². The van der Waals surface area contributed by atoms with Gasteiger partial charge in [0.25, 0.3) is 0 Å². The van der Waals surface area contributed by atoms with E-state index in [1.807, 2.05) is 6.92 Å². The van der Waals surface area contributed by atoms with Crippen LogP contribution < -0.4 is 21.7 Å². The van der Waals surface area contributed by atoms with Crippen LogP contribution in [0.25, 0.3) is 0 Å². The molecule has 1 aromatic carbocycles. The van der Waals surface area contributed by atoms with Crippen LogP contribution in [0.15, 0.2) is 48.1 Å². The van der Waals surface area contributed by atoms with E-state index in [-0.39, 0.29) is 43.8 Å². The highest BCUT2D eigenvalue weighted by molar-refractivity contribution is 6.01. The van der Waals surface area contributed by atoms with Crippen molar-refractivity contribution in [2.24, 2.45) is 28.4 Å². The highest BCUT2D eigenvalue weighted by atomic mass is 19.1. The van der Waals surface area contributed by atoms with Gasteiger partial charge in [-0.15, -0.1) is 0 Å². The second-order valence-corrected chi connectivity index (χ2v) is 15.6. The summed E-state index contributed by atoms with van der Waals surface area (Å²) in [6.07, 6.45) is 0.366. The van der Waals surface area contributed by atoms with Crippen molar-refractivity contribution in [1.82, 2.24) is 10.6 Å². The van der Waals surface area contributed by atoms with Crippen molar-refractivity contribution >= 4 is 35.3 Å². The molecule has 4 aliphatic carbocycles. The number of anilines is 1. The number of aliphatic hydroxyl groups is 1. The van der Waals surface area contributed by atoms with E-state index in [0.717, 1.165) is 6.08 Å². The number of amides is 4. The Balaban J connectivity index is 1.10. The zero-order valence-corrected chi connectivity index (χ0v) is 30.8. The van der Waals surface area contributed by atoms with Crippen molar-refractivity contribution in [2.45, 2.75) is 115 Å². The number of hydrogen-bond acceptors (Lipinski definition) is 9. The molecule has 0 aromatic heterocycles. The number of unbranched alkanes of at least 4 members (excludes halogenated alkanes) is 1. The Labute approximate surface area is 312 Å². The fraction of sp³-hybridized carbons (Fsp3) is 0.615. The molecule has 5 aliphatic rings. The van der Waals surface area contributed by atoms with Crippen LogP contribution in [-0.2, 0) is 35.2 Å². The van der Waals surface area contributed by atoms with Gasteiger partial charge in [0.05, 0.1) is 18.8 Å². The summed E-state index contributed by atoms with van der Waals surface area (Å²) in [6, 6.07) is 6.07. The number of halogens is 2. The van der Waals surface area contributed by atoms with Gasteiger partial charge in [-0.1, -0.05) is 38.5 Å². The van der Waals surface area contributed by atoms with E-state index in [1.165, 1.54) is 19.1 Å². The summed E-state index contributed by atoms with van der Waals surface area (Å²) in [5.74, 6) is -2.80. The summed E-state index contributed by atoms with van der Waals surface area (Å²) in [6.45, 7) is 5.00. The average Bonchev–Trinajstić information content (AvgIpc) is 3.60. The number of rotatable bonds is 13.